The first-order valence-electron chi connectivity index (χ1n) is 9.18. The molecule has 6 heteroatoms. The molecule has 0 aliphatic heterocycles. The number of aromatic nitrogens is 4. The molecule has 0 atom stereocenters. The minimum absolute atomic E-state index is 0.0165. The van der Waals surface area contributed by atoms with Crippen LogP contribution in [0, 0.1) is 0 Å². The van der Waals surface area contributed by atoms with E-state index in [-0.39, 0.29) is 11.6 Å². The molecule has 0 saturated heterocycles. The summed E-state index contributed by atoms with van der Waals surface area (Å²) in [5.74, 6) is 0. The number of hydrogen-bond acceptors (Lipinski definition) is 5. The standard InChI is InChI=1S/C21H18N4OS/c26-21-18-17(14-5-9-22-10-6-14)13-27-20(18)19(15-7-11-23-12-8-15)24-25(21)16-3-1-2-4-16/h5-13,16H,1-4H2. The van der Waals surface area contributed by atoms with E-state index in [2.05, 4.69) is 15.3 Å². The fourth-order valence-electron chi connectivity index (χ4n) is 3.90. The number of thiophene rings is 1. The van der Waals surface area contributed by atoms with Gasteiger partial charge < -0.3 is 0 Å². The van der Waals surface area contributed by atoms with Gasteiger partial charge in [0.05, 0.1) is 16.1 Å². The third-order valence-corrected chi connectivity index (χ3v) is 6.24. The summed E-state index contributed by atoms with van der Waals surface area (Å²) in [6, 6.07) is 8.00. The fourth-order valence-corrected chi connectivity index (χ4v) is 4.97. The van der Waals surface area contributed by atoms with Crippen molar-refractivity contribution in [1.29, 1.82) is 0 Å². The molecule has 134 valence electrons. The topological polar surface area (TPSA) is 60.7 Å². The molecule has 1 aliphatic rings. The highest BCUT2D eigenvalue weighted by atomic mass is 32.1. The quantitative estimate of drug-likeness (QED) is 0.522. The normalized spacial score (nSPS) is 14.8. The predicted molar refractivity (Wildman–Crippen MR) is 108 cm³/mol. The first kappa shape index (κ1) is 16.3. The number of pyridine rings is 2. The second kappa shape index (κ2) is 6.70. The van der Waals surface area contributed by atoms with E-state index < -0.39 is 0 Å². The molecule has 4 aromatic heterocycles. The molecular formula is C21H18N4OS. The second-order valence-electron chi connectivity index (χ2n) is 6.86. The van der Waals surface area contributed by atoms with Crippen LogP contribution in [0.25, 0.3) is 32.5 Å². The van der Waals surface area contributed by atoms with Crippen molar-refractivity contribution < 1.29 is 0 Å². The Bertz CT molecular complexity index is 1150. The van der Waals surface area contributed by atoms with Gasteiger partial charge in [-0.15, -0.1) is 11.3 Å². The van der Waals surface area contributed by atoms with Gasteiger partial charge in [0.2, 0.25) is 0 Å². The third kappa shape index (κ3) is 2.77. The smallest absolute Gasteiger partial charge is 0.267 e. The Morgan fingerprint density at radius 1 is 0.926 bits per heavy atom. The predicted octanol–water partition coefficient (Wildman–Crippen LogP) is 4.70. The lowest BCUT2D eigenvalue weighted by molar-refractivity contribution is 0.449. The van der Waals surface area contributed by atoms with E-state index in [9.17, 15) is 4.79 Å². The van der Waals surface area contributed by atoms with Gasteiger partial charge in [-0.3, -0.25) is 14.8 Å². The van der Waals surface area contributed by atoms with Crippen molar-refractivity contribution in [2.75, 3.05) is 0 Å². The maximum Gasteiger partial charge on any atom is 0.276 e. The molecule has 0 aromatic carbocycles. The number of hydrogen-bond donors (Lipinski definition) is 0. The van der Waals surface area contributed by atoms with Gasteiger partial charge in [-0.2, -0.15) is 5.10 Å². The Kier molecular flexibility index (Phi) is 4.05. The first-order valence-corrected chi connectivity index (χ1v) is 10.1. The summed E-state index contributed by atoms with van der Waals surface area (Å²) in [6.07, 6.45) is 11.4. The van der Waals surface area contributed by atoms with Crippen molar-refractivity contribution in [2.24, 2.45) is 0 Å². The Labute approximate surface area is 160 Å². The molecule has 5 nitrogen and oxygen atoms in total. The molecule has 0 N–H and O–H groups in total. The molecule has 1 fully saturated rings. The largest absolute Gasteiger partial charge is 0.276 e. The summed E-state index contributed by atoms with van der Waals surface area (Å²) in [5.41, 5.74) is 3.85. The van der Waals surface area contributed by atoms with E-state index >= 15 is 0 Å². The summed E-state index contributed by atoms with van der Waals surface area (Å²) < 4.78 is 2.68. The van der Waals surface area contributed by atoms with Gasteiger partial charge in [-0.05, 0) is 42.7 Å². The zero-order chi connectivity index (χ0) is 18.2. The monoisotopic (exact) mass is 374 g/mol. The van der Waals surface area contributed by atoms with Crippen molar-refractivity contribution in [2.45, 2.75) is 31.7 Å². The van der Waals surface area contributed by atoms with Crippen LogP contribution >= 0.6 is 11.3 Å². The summed E-state index contributed by atoms with van der Waals surface area (Å²) in [6.45, 7) is 0. The van der Waals surface area contributed by atoms with Crippen molar-refractivity contribution in [3.05, 3.63) is 64.8 Å². The lowest BCUT2D eigenvalue weighted by Gasteiger charge is -2.15. The molecule has 0 spiro atoms. The Hall–Kier alpha value is -2.86. The van der Waals surface area contributed by atoms with Gasteiger partial charge in [0.25, 0.3) is 5.56 Å². The van der Waals surface area contributed by atoms with Crippen LogP contribution in [-0.2, 0) is 0 Å². The second-order valence-corrected chi connectivity index (χ2v) is 7.74. The van der Waals surface area contributed by atoms with E-state index in [1.165, 1.54) is 0 Å². The SMILES string of the molecule is O=c1c2c(-c3ccncc3)csc2c(-c2ccncc2)nn1C1CCCC1. The summed E-state index contributed by atoms with van der Waals surface area (Å²) in [5, 5.41) is 7.66. The van der Waals surface area contributed by atoms with Crippen LogP contribution in [0.2, 0.25) is 0 Å². The van der Waals surface area contributed by atoms with Crippen molar-refractivity contribution in [1.82, 2.24) is 19.7 Å². The number of fused-ring (bicyclic) bond motifs is 1. The molecular weight excluding hydrogens is 356 g/mol. The van der Waals surface area contributed by atoms with Crippen molar-refractivity contribution in [3.8, 4) is 22.4 Å². The van der Waals surface area contributed by atoms with Gasteiger partial charge in [0.15, 0.2) is 0 Å². The van der Waals surface area contributed by atoms with Crippen LogP contribution in [0.3, 0.4) is 0 Å². The summed E-state index contributed by atoms with van der Waals surface area (Å²) >= 11 is 1.58. The average molecular weight is 374 g/mol. The Balaban J connectivity index is 1.83. The van der Waals surface area contributed by atoms with Gasteiger partial charge >= 0.3 is 0 Å². The minimum Gasteiger partial charge on any atom is -0.267 e. The summed E-state index contributed by atoms with van der Waals surface area (Å²) in [4.78, 5) is 21.7. The molecule has 0 bridgehead atoms. The first-order chi connectivity index (χ1) is 13.3. The highest BCUT2D eigenvalue weighted by Crippen LogP contribution is 2.37. The number of rotatable bonds is 3. The molecule has 1 saturated carbocycles. The van der Waals surface area contributed by atoms with Crippen LogP contribution in [0.15, 0.2) is 59.2 Å². The molecule has 0 unspecified atom stereocenters. The van der Waals surface area contributed by atoms with E-state index in [0.29, 0.717) is 0 Å². The number of nitrogens with zero attached hydrogens (tertiary/aromatic N) is 4. The molecule has 0 radical (unpaired) electrons. The van der Waals surface area contributed by atoms with Crippen LogP contribution < -0.4 is 5.56 Å². The zero-order valence-corrected chi connectivity index (χ0v) is 15.5. The van der Waals surface area contributed by atoms with E-state index in [4.69, 9.17) is 5.10 Å². The average Bonchev–Trinajstić information content (AvgIpc) is 3.40. The van der Waals surface area contributed by atoms with Gasteiger partial charge in [0, 0.05) is 41.3 Å². The van der Waals surface area contributed by atoms with Crippen molar-refractivity contribution >= 4 is 21.4 Å². The molecule has 1 aliphatic carbocycles. The lowest BCUT2D eigenvalue weighted by atomic mass is 10.1. The Morgan fingerprint density at radius 3 is 2.22 bits per heavy atom. The maximum absolute atomic E-state index is 13.4. The fraction of sp³-hybridized carbons (Fsp3) is 0.238. The molecule has 5 rings (SSSR count). The van der Waals surface area contributed by atoms with Gasteiger partial charge in [0.1, 0.15) is 5.69 Å². The van der Waals surface area contributed by atoms with Crippen LogP contribution in [-0.4, -0.2) is 19.7 Å². The lowest BCUT2D eigenvalue weighted by Crippen LogP contribution is -2.26. The van der Waals surface area contributed by atoms with E-state index in [1.54, 1.807) is 40.8 Å². The van der Waals surface area contributed by atoms with Crippen LogP contribution in [0.4, 0.5) is 0 Å². The highest BCUT2D eigenvalue weighted by Gasteiger charge is 2.24. The van der Waals surface area contributed by atoms with Gasteiger partial charge in [-0.1, -0.05) is 12.8 Å². The van der Waals surface area contributed by atoms with Crippen LogP contribution in [0.5, 0.6) is 0 Å². The maximum atomic E-state index is 13.4. The van der Waals surface area contributed by atoms with Crippen LogP contribution in [0.1, 0.15) is 31.7 Å². The highest BCUT2D eigenvalue weighted by molar-refractivity contribution is 7.18. The Morgan fingerprint density at radius 2 is 1.56 bits per heavy atom. The van der Waals surface area contributed by atoms with E-state index in [1.807, 2.05) is 24.3 Å². The molecule has 27 heavy (non-hydrogen) atoms. The van der Waals surface area contributed by atoms with Gasteiger partial charge in [-0.25, -0.2) is 4.68 Å². The molecule has 4 aromatic rings. The summed E-state index contributed by atoms with van der Waals surface area (Å²) in [7, 11) is 0. The molecule has 4 heterocycles. The van der Waals surface area contributed by atoms with Crippen molar-refractivity contribution in [3.63, 3.8) is 0 Å². The molecule has 0 amide bonds. The third-order valence-electron chi connectivity index (χ3n) is 5.25. The zero-order valence-electron chi connectivity index (χ0n) is 14.7. The van der Waals surface area contributed by atoms with E-state index in [0.717, 1.165) is 58.2 Å². The minimum atomic E-state index is 0.0165.